The second-order valence-corrected chi connectivity index (χ2v) is 7.27. The van der Waals surface area contributed by atoms with E-state index in [2.05, 4.69) is 26.4 Å². The monoisotopic (exact) mass is 378 g/mol. The van der Waals surface area contributed by atoms with Gasteiger partial charge in [-0.25, -0.2) is 9.97 Å². The number of likely N-dealkylation sites (tertiary alicyclic amines) is 1. The summed E-state index contributed by atoms with van der Waals surface area (Å²) in [6.45, 7) is 4.74. The van der Waals surface area contributed by atoms with Gasteiger partial charge in [0.15, 0.2) is 0 Å². The number of pyridine rings is 1. The topological polar surface area (TPSA) is 68.8 Å². The van der Waals surface area contributed by atoms with E-state index in [0.29, 0.717) is 6.54 Å². The van der Waals surface area contributed by atoms with Gasteiger partial charge in [-0.1, -0.05) is 6.92 Å². The minimum absolute atomic E-state index is 0.157. The van der Waals surface area contributed by atoms with E-state index in [-0.39, 0.29) is 11.8 Å². The van der Waals surface area contributed by atoms with E-state index in [9.17, 15) is 4.79 Å². The first-order valence-electron chi connectivity index (χ1n) is 9.92. The molecule has 1 atom stereocenters. The summed E-state index contributed by atoms with van der Waals surface area (Å²) >= 11 is 0. The number of aromatic nitrogens is 5. The predicted molar refractivity (Wildman–Crippen MR) is 106 cm³/mol. The number of amides is 1. The van der Waals surface area contributed by atoms with Gasteiger partial charge in [-0.05, 0) is 30.5 Å². The van der Waals surface area contributed by atoms with Crippen molar-refractivity contribution >= 4 is 5.91 Å². The van der Waals surface area contributed by atoms with Crippen LogP contribution in [0.3, 0.4) is 0 Å². The van der Waals surface area contributed by atoms with E-state index < -0.39 is 0 Å². The van der Waals surface area contributed by atoms with Gasteiger partial charge in [0, 0.05) is 69.2 Å². The Morgan fingerprint density at radius 2 is 1.89 bits per heavy atom. The fraction of sp³-hybridized carbons (Fsp3) is 0.429. The molecule has 1 fully saturated rings. The molecule has 1 amide bonds. The highest BCUT2D eigenvalue weighted by atomic mass is 16.2. The number of nitrogens with zero attached hydrogens (tertiary/aromatic N) is 6. The zero-order chi connectivity index (χ0) is 19.3. The van der Waals surface area contributed by atoms with Crippen LogP contribution in [0.5, 0.6) is 0 Å². The zero-order valence-electron chi connectivity index (χ0n) is 16.2. The van der Waals surface area contributed by atoms with Crippen molar-refractivity contribution < 1.29 is 4.79 Å². The predicted octanol–water partition coefficient (Wildman–Crippen LogP) is 2.49. The highest BCUT2D eigenvalue weighted by Crippen LogP contribution is 2.26. The summed E-state index contributed by atoms with van der Waals surface area (Å²) in [6.07, 6.45) is 14.1. The average molecular weight is 378 g/mol. The lowest BCUT2D eigenvalue weighted by Crippen LogP contribution is -2.41. The van der Waals surface area contributed by atoms with Crippen LogP contribution in [0.2, 0.25) is 0 Å². The number of carbonyl (C=O) groups excluding carboxylic acids is 1. The molecule has 4 heterocycles. The largest absolute Gasteiger partial charge is 0.340 e. The summed E-state index contributed by atoms with van der Waals surface area (Å²) in [5.41, 5.74) is 1.20. The zero-order valence-corrected chi connectivity index (χ0v) is 16.2. The maximum Gasteiger partial charge on any atom is 0.242 e. The lowest BCUT2D eigenvalue weighted by atomic mass is 9.97. The Bertz CT molecular complexity index is 916. The lowest BCUT2D eigenvalue weighted by molar-refractivity contribution is -0.133. The summed E-state index contributed by atoms with van der Waals surface area (Å²) in [5, 5.41) is 0. The van der Waals surface area contributed by atoms with Crippen molar-refractivity contribution in [1.82, 2.24) is 29.0 Å². The molecule has 0 aliphatic carbocycles. The molecule has 7 nitrogen and oxygen atoms in total. The highest BCUT2D eigenvalue weighted by molar-refractivity contribution is 5.76. The standard InChI is InChI=1S/C21H26N6O/c1-2-19-23-9-12-25(19)16-20(28)26-11-3-4-18(15-26)21-24-10-13-27(21)14-17-5-7-22-8-6-17/h5-10,12-13,18H,2-4,11,14-16H2,1H3/t18-/m0/s1. The SMILES string of the molecule is CCc1nccn1CC(=O)N1CCC[C@H](c2nccn2Cc2ccncc2)C1. The van der Waals surface area contributed by atoms with Crippen molar-refractivity contribution in [3.05, 3.63) is 66.5 Å². The maximum atomic E-state index is 12.9. The third-order valence-electron chi connectivity index (χ3n) is 5.41. The number of hydrogen-bond acceptors (Lipinski definition) is 4. The summed E-state index contributed by atoms with van der Waals surface area (Å²) in [6, 6.07) is 4.05. The van der Waals surface area contributed by atoms with Gasteiger partial charge in [0.1, 0.15) is 18.2 Å². The summed E-state index contributed by atoms with van der Waals surface area (Å²) in [5.74, 6) is 2.44. The number of rotatable bonds is 6. The highest BCUT2D eigenvalue weighted by Gasteiger charge is 2.27. The molecule has 28 heavy (non-hydrogen) atoms. The average Bonchev–Trinajstić information content (AvgIpc) is 3.38. The third-order valence-corrected chi connectivity index (χ3v) is 5.41. The Morgan fingerprint density at radius 1 is 1.11 bits per heavy atom. The fourth-order valence-corrected chi connectivity index (χ4v) is 3.96. The Balaban J connectivity index is 1.44. The Labute approximate surface area is 165 Å². The Kier molecular flexibility index (Phi) is 5.50. The quantitative estimate of drug-likeness (QED) is 0.661. The van der Waals surface area contributed by atoms with Gasteiger partial charge in [-0.3, -0.25) is 9.78 Å². The summed E-state index contributed by atoms with van der Waals surface area (Å²) < 4.78 is 4.15. The molecule has 3 aromatic heterocycles. The number of aryl methyl sites for hydroxylation is 1. The normalized spacial score (nSPS) is 17.0. The Morgan fingerprint density at radius 3 is 2.71 bits per heavy atom. The van der Waals surface area contributed by atoms with E-state index in [4.69, 9.17) is 0 Å². The van der Waals surface area contributed by atoms with Crippen LogP contribution in [0, 0.1) is 0 Å². The maximum absolute atomic E-state index is 12.9. The molecule has 7 heteroatoms. The van der Waals surface area contributed by atoms with Crippen molar-refractivity contribution in [2.45, 2.75) is 45.2 Å². The van der Waals surface area contributed by atoms with Gasteiger partial charge < -0.3 is 14.0 Å². The molecule has 0 bridgehead atoms. The number of piperidine rings is 1. The molecule has 4 rings (SSSR count). The number of imidazole rings is 2. The molecule has 0 spiro atoms. The number of carbonyl (C=O) groups is 1. The molecule has 1 aliphatic heterocycles. The number of hydrogen-bond donors (Lipinski definition) is 0. The van der Waals surface area contributed by atoms with Gasteiger partial charge in [0.2, 0.25) is 5.91 Å². The lowest BCUT2D eigenvalue weighted by Gasteiger charge is -2.33. The van der Waals surface area contributed by atoms with E-state index in [1.165, 1.54) is 5.56 Å². The van der Waals surface area contributed by atoms with Gasteiger partial charge >= 0.3 is 0 Å². The van der Waals surface area contributed by atoms with Crippen LogP contribution in [-0.2, 0) is 24.3 Å². The van der Waals surface area contributed by atoms with Crippen LogP contribution >= 0.6 is 0 Å². The second-order valence-electron chi connectivity index (χ2n) is 7.27. The third kappa shape index (κ3) is 3.98. The Hall–Kier alpha value is -2.96. The van der Waals surface area contributed by atoms with Crippen molar-refractivity contribution in [1.29, 1.82) is 0 Å². The van der Waals surface area contributed by atoms with Crippen molar-refractivity contribution in [3.8, 4) is 0 Å². The van der Waals surface area contributed by atoms with Gasteiger partial charge in [-0.15, -0.1) is 0 Å². The fourth-order valence-electron chi connectivity index (χ4n) is 3.96. The molecule has 0 radical (unpaired) electrons. The van der Waals surface area contributed by atoms with E-state index in [0.717, 1.165) is 50.5 Å². The molecular formula is C21H26N6O. The van der Waals surface area contributed by atoms with Crippen LogP contribution in [0.25, 0.3) is 0 Å². The van der Waals surface area contributed by atoms with Crippen LogP contribution in [0.4, 0.5) is 0 Å². The van der Waals surface area contributed by atoms with Gasteiger partial charge in [-0.2, -0.15) is 0 Å². The van der Waals surface area contributed by atoms with Crippen molar-refractivity contribution in [3.63, 3.8) is 0 Å². The molecule has 0 unspecified atom stereocenters. The smallest absolute Gasteiger partial charge is 0.242 e. The summed E-state index contributed by atoms with van der Waals surface area (Å²) in [4.78, 5) is 27.9. The molecular weight excluding hydrogens is 352 g/mol. The molecule has 146 valence electrons. The molecule has 3 aromatic rings. The molecule has 1 saturated heterocycles. The van der Waals surface area contributed by atoms with Crippen molar-refractivity contribution in [2.75, 3.05) is 13.1 Å². The first-order chi connectivity index (χ1) is 13.7. The molecule has 0 saturated carbocycles. The van der Waals surface area contributed by atoms with E-state index in [1.54, 1.807) is 6.20 Å². The van der Waals surface area contributed by atoms with Gasteiger partial charge in [0.25, 0.3) is 0 Å². The van der Waals surface area contributed by atoms with Crippen molar-refractivity contribution in [2.24, 2.45) is 0 Å². The minimum atomic E-state index is 0.157. The first-order valence-corrected chi connectivity index (χ1v) is 9.92. The second kappa shape index (κ2) is 8.37. The summed E-state index contributed by atoms with van der Waals surface area (Å²) in [7, 11) is 0. The molecule has 1 aliphatic rings. The first kappa shape index (κ1) is 18.4. The molecule has 0 N–H and O–H groups in total. The molecule has 0 aromatic carbocycles. The van der Waals surface area contributed by atoms with Crippen LogP contribution in [0.1, 0.15) is 42.9 Å². The van der Waals surface area contributed by atoms with Crippen LogP contribution in [-0.4, -0.2) is 48.0 Å². The minimum Gasteiger partial charge on any atom is -0.340 e. The van der Waals surface area contributed by atoms with E-state index in [1.807, 2.05) is 52.6 Å². The van der Waals surface area contributed by atoms with Crippen LogP contribution in [0.15, 0.2) is 49.3 Å². The van der Waals surface area contributed by atoms with E-state index >= 15 is 0 Å². The van der Waals surface area contributed by atoms with Crippen LogP contribution < -0.4 is 0 Å². The van der Waals surface area contributed by atoms with Gasteiger partial charge in [0.05, 0.1) is 0 Å².